The third-order valence-electron chi connectivity index (χ3n) is 4.04. The van der Waals surface area contributed by atoms with Gasteiger partial charge in [-0.2, -0.15) is 0 Å². The second-order valence-electron chi connectivity index (χ2n) is 5.60. The van der Waals surface area contributed by atoms with Crippen molar-refractivity contribution in [3.8, 4) is 5.75 Å². The monoisotopic (exact) mass is 247 g/mol. The van der Waals surface area contributed by atoms with Crippen LogP contribution in [0.5, 0.6) is 5.75 Å². The van der Waals surface area contributed by atoms with Crippen molar-refractivity contribution in [2.24, 2.45) is 5.92 Å². The summed E-state index contributed by atoms with van der Waals surface area (Å²) in [6, 6.07) is 9.31. The molecule has 0 aliphatic heterocycles. The van der Waals surface area contributed by atoms with Crippen LogP contribution in [0.3, 0.4) is 0 Å². The van der Waals surface area contributed by atoms with Crippen molar-refractivity contribution in [3.63, 3.8) is 0 Å². The number of hydrogen-bond acceptors (Lipinski definition) is 2. The summed E-state index contributed by atoms with van der Waals surface area (Å²) >= 11 is 0. The van der Waals surface area contributed by atoms with E-state index in [0.717, 1.165) is 11.7 Å². The summed E-state index contributed by atoms with van der Waals surface area (Å²) in [6.45, 7) is 4.53. The van der Waals surface area contributed by atoms with Crippen LogP contribution in [0.2, 0.25) is 0 Å². The maximum Gasteiger partial charge on any atom is 0.119 e. The first kappa shape index (κ1) is 13.4. The Labute approximate surface area is 111 Å². The largest absolute Gasteiger partial charge is 0.497 e. The number of benzene rings is 1. The van der Waals surface area contributed by atoms with E-state index in [1.54, 1.807) is 7.11 Å². The Balaban J connectivity index is 1.87. The van der Waals surface area contributed by atoms with Crippen molar-refractivity contribution < 1.29 is 4.74 Å². The highest BCUT2D eigenvalue weighted by Gasteiger charge is 2.20. The van der Waals surface area contributed by atoms with E-state index in [1.165, 1.54) is 31.2 Å². The van der Waals surface area contributed by atoms with Gasteiger partial charge in [0.2, 0.25) is 0 Å². The van der Waals surface area contributed by atoms with E-state index in [2.05, 4.69) is 37.4 Å². The fourth-order valence-electron chi connectivity index (χ4n) is 2.73. The van der Waals surface area contributed by atoms with Crippen LogP contribution in [0, 0.1) is 5.92 Å². The van der Waals surface area contributed by atoms with Gasteiger partial charge in [-0.3, -0.25) is 0 Å². The summed E-state index contributed by atoms with van der Waals surface area (Å²) in [7, 11) is 1.72. The fraction of sp³-hybridized carbons (Fsp3) is 0.625. The molecule has 18 heavy (non-hydrogen) atoms. The normalized spacial score (nSPS) is 19.1. The van der Waals surface area contributed by atoms with Crippen molar-refractivity contribution in [2.75, 3.05) is 7.11 Å². The number of hydrogen-bond donors (Lipinski definition) is 1. The van der Waals surface area contributed by atoms with Gasteiger partial charge in [0.1, 0.15) is 5.75 Å². The van der Waals surface area contributed by atoms with E-state index >= 15 is 0 Å². The number of rotatable bonds is 6. The summed E-state index contributed by atoms with van der Waals surface area (Å²) in [4.78, 5) is 0. The van der Waals surface area contributed by atoms with Gasteiger partial charge < -0.3 is 10.1 Å². The lowest BCUT2D eigenvalue weighted by Crippen LogP contribution is -2.32. The molecule has 2 heteroatoms. The quantitative estimate of drug-likeness (QED) is 0.822. The van der Waals surface area contributed by atoms with Gasteiger partial charge in [-0.05, 0) is 43.9 Å². The molecule has 2 nitrogen and oxygen atoms in total. The van der Waals surface area contributed by atoms with Crippen LogP contribution in [0.4, 0.5) is 0 Å². The summed E-state index contributed by atoms with van der Waals surface area (Å²) in [5.74, 6) is 1.90. The van der Waals surface area contributed by atoms with Gasteiger partial charge in [-0.1, -0.05) is 31.4 Å². The predicted molar refractivity (Wildman–Crippen MR) is 76.0 cm³/mol. The van der Waals surface area contributed by atoms with E-state index < -0.39 is 0 Å². The van der Waals surface area contributed by atoms with E-state index in [1.807, 2.05) is 6.07 Å². The highest BCUT2D eigenvalue weighted by Crippen LogP contribution is 2.31. The molecular formula is C16H25NO. The Kier molecular flexibility index (Phi) is 4.65. The molecule has 1 aliphatic rings. The highest BCUT2D eigenvalue weighted by molar-refractivity contribution is 5.30. The molecule has 0 bridgehead atoms. The van der Waals surface area contributed by atoms with Gasteiger partial charge in [-0.15, -0.1) is 0 Å². The van der Waals surface area contributed by atoms with E-state index in [4.69, 9.17) is 4.74 Å². The third-order valence-corrected chi connectivity index (χ3v) is 4.04. The Bertz CT molecular complexity index is 373. The van der Waals surface area contributed by atoms with Crippen molar-refractivity contribution in [1.82, 2.24) is 5.32 Å². The third kappa shape index (κ3) is 3.49. The lowest BCUT2D eigenvalue weighted by molar-refractivity contribution is 0.259. The molecule has 1 aromatic carbocycles. The molecule has 1 saturated carbocycles. The van der Waals surface area contributed by atoms with Gasteiger partial charge in [-0.25, -0.2) is 0 Å². The number of ether oxygens (including phenoxy) is 1. The van der Waals surface area contributed by atoms with Crippen molar-refractivity contribution in [2.45, 2.75) is 51.6 Å². The second kappa shape index (κ2) is 6.24. The standard InChI is InChI=1S/C16H25NO/c1-12(10-14-6-4-7-14)17-13(2)15-8-5-9-16(11-15)18-3/h5,8-9,11-14,17H,4,6-7,10H2,1-3H3/t12?,13-/m1/s1. The van der Waals surface area contributed by atoms with Crippen molar-refractivity contribution in [3.05, 3.63) is 29.8 Å². The molecule has 2 rings (SSSR count). The highest BCUT2D eigenvalue weighted by atomic mass is 16.5. The van der Waals surface area contributed by atoms with Crippen LogP contribution in [0.15, 0.2) is 24.3 Å². The summed E-state index contributed by atoms with van der Waals surface area (Å²) in [5, 5.41) is 3.69. The molecule has 1 aliphatic carbocycles. The van der Waals surface area contributed by atoms with Gasteiger partial charge in [0, 0.05) is 12.1 Å². The Morgan fingerprint density at radius 1 is 1.33 bits per heavy atom. The Morgan fingerprint density at radius 3 is 2.72 bits per heavy atom. The fourth-order valence-corrected chi connectivity index (χ4v) is 2.73. The topological polar surface area (TPSA) is 21.3 Å². The summed E-state index contributed by atoms with van der Waals surface area (Å²) in [6.07, 6.45) is 5.61. The predicted octanol–water partition coefficient (Wildman–Crippen LogP) is 3.92. The Hall–Kier alpha value is -1.02. The molecule has 100 valence electrons. The lowest BCUT2D eigenvalue weighted by Gasteiger charge is -2.30. The minimum Gasteiger partial charge on any atom is -0.497 e. The molecule has 0 amide bonds. The second-order valence-corrected chi connectivity index (χ2v) is 5.60. The van der Waals surface area contributed by atoms with E-state index in [0.29, 0.717) is 12.1 Å². The summed E-state index contributed by atoms with van der Waals surface area (Å²) < 4.78 is 5.27. The van der Waals surface area contributed by atoms with Gasteiger partial charge in [0.15, 0.2) is 0 Å². The molecule has 1 fully saturated rings. The first-order valence-corrected chi connectivity index (χ1v) is 7.09. The average molecular weight is 247 g/mol. The molecule has 0 radical (unpaired) electrons. The van der Waals surface area contributed by atoms with Gasteiger partial charge in [0.05, 0.1) is 7.11 Å². The minimum absolute atomic E-state index is 0.384. The first-order valence-electron chi connectivity index (χ1n) is 7.09. The van der Waals surface area contributed by atoms with Crippen LogP contribution in [-0.4, -0.2) is 13.2 Å². The van der Waals surface area contributed by atoms with Crippen LogP contribution < -0.4 is 10.1 Å². The molecular weight excluding hydrogens is 222 g/mol. The molecule has 0 aromatic heterocycles. The number of methoxy groups -OCH3 is 1. The molecule has 1 aromatic rings. The van der Waals surface area contributed by atoms with E-state index in [-0.39, 0.29) is 0 Å². The maximum absolute atomic E-state index is 5.27. The smallest absolute Gasteiger partial charge is 0.119 e. The van der Waals surface area contributed by atoms with Crippen LogP contribution in [0.25, 0.3) is 0 Å². The van der Waals surface area contributed by atoms with Crippen molar-refractivity contribution >= 4 is 0 Å². The van der Waals surface area contributed by atoms with Gasteiger partial charge in [0.25, 0.3) is 0 Å². The van der Waals surface area contributed by atoms with Crippen LogP contribution in [0.1, 0.15) is 51.1 Å². The molecule has 1 unspecified atom stereocenters. The van der Waals surface area contributed by atoms with E-state index in [9.17, 15) is 0 Å². The molecule has 0 heterocycles. The zero-order chi connectivity index (χ0) is 13.0. The van der Waals surface area contributed by atoms with Gasteiger partial charge >= 0.3 is 0 Å². The molecule has 1 N–H and O–H groups in total. The average Bonchev–Trinajstić information content (AvgIpc) is 2.34. The maximum atomic E-state index is 5.27. The lowest BCUT2D eigenvalue weighted by atomic mass is 9.81. The SMILES string of the molecule is COc1cccc([C@@H](C)NC(C)CC2CCC2)c1. The molecule has 2 atom stereocenters. The zero-order valence-electron chi connectivity index (χ0n) is 11.8. The number of nitrogens with one attached hydrogen (secondary N) is 1. The minimum atomic E-state index is 0.384. The van der Waals surface area contributed by atoms with Crippen LogP contribution in [-0.2, 0) is 0 Å². The van der Waals surface area contributed by atoms with Crippen LogP contribution >= 0.6 is 0 Å². The zero-order valence-corrected chi connectivity index (χ0v) is 11.8. The molecule has 0 saturated heterocycles. The summed E-state index contributed by atoms with van der Waals surface area (Å²) in [5.41, 5.74) is 1.30. The Morgan fingerprint density at radius 2 is 2.11 bits per heavy atom. The first-order chi connectivity index (χ1) is 8.69. The van der Waals surface area contributed by atoms with Crippen molar-refractivity contribution in [1.29, 1.82) is 0 Å². The molecule has 0 spiro atoms.